The normalized spacial score (nSPS) is 25.6. The third-order valence-corrected chi connectivity index (χ3v) is 5.54. The highest BCUT2D eigenvalue weighted by atomic mass is 32.2. The average molecular weight is 255 g/mol. The summed E-state index contributed by atoms with van der Waals surface area (Å²) in [4.78, 5) is 0. The molecule has 0 aromatic rings. The molecule has 0 aromatic heterocycles. The minimum atomic E-state index is 0.652. The third kappa shape index (κ3) is 4.17. The van der Waals surface area contributed by atoms with Gasteiger partial charge in [0.1, 0.15) is 0 Å². The predicted octanol–water partition coefficient (Wildman–Crippen LogP) is 4.08. The molecule has 1 aliphatic carbocycles. The van der Waals surface area contributed by atoms with Crippen molar-refractivity contribution in [3.05, 3.63) is 0 Å². The summed E-state index contributed by atoms with van der Waals surface area (Å²) in [5.41, 5.74) is 0.652. The van der Waals surface area contributed by atoms with E-state index in [-0.39, 0.29) is 0 Å². The lowest BCUT2D eigenvalue weighted by Gasteiger charge is -2.34. The van der Waals surface area contributed by atoms with E-state index in [9.17, 15) is 0 Å². The molecule has 0 aromatic carbocycles. The molecule has 0 bridgehead atoms. The van der Waals surface area contributed by atoms with Crippen molar-refractivity contribution in [2.45, 2.75) is 64.8 Å². The molecule has 100 valence electrons. The van der Waals surface area contributed by atoms with Gasteiger partial charge in [-0.1, -0.05) is 26.7 Å². The molecular weight excluding hydrogens is 226 g/mol. The average Bonchev–Trinajstić information content (AvgIpc) is 2.76. The maximum absolute atomic E-state index is 3.90. The van der Waals surface area contributed by atoms with Gasteiger partial charge in [0.05, 0.1) is 0 Å². The van der Waals surface area contributed by atoms with E-state index in [4.69, 9.17) is 0 Å². The Kier molecular flexibility index (Phi) is 5.23. The van der Waals surface area contributed by atoms with Gasteiger partial charge in [-0.25, -0.2) is 0 Å². The van der Waals surface area contributed by atoms with Gasteiger partial charge < -0.3 is 5.32 Å². The largest absolute Gasteiger partial charge is 0.313 e. The summed E-state index contributed by atoms with van der Waals surface area (Å²) >= 11 is 2.13. The Labute approximate surface area is 112 Å². The zero-order valence-electron chi connectivity index (χ0n) is 11.6. The van der Waals surface area contributed by atoms with Gasteiger partial charge in [0.25, 0.3) is 0 Å². The minimum absolute atomic E-state index is 0.652. The van der Waals surface area contributed by atoms with Crippen LogP contribution in [0.25, 0.3) is 0 Å². The smallest absolute Gasteiger partial charge is 0.00830 e. The van der Waals surface area contributed by atoms with E-state index in [1.165, 1.54) is 63.0 Å². The van der Waals surface area contributed by atoms with Crippen LogP contribution in [0.3, 0.4) is 0 Å². The van der Waals surface area contributed by atoms with Crippen LogP contribution in [0.15, 0.2) is 0 Å². The van der Waals surface area contributed by atoms with Crippen LogP contribution in [0, 0.1) is 11.3 Å². The number of thioether (sulfide) groups is 1. The van der Waals surface area contributed by atoms with Crippen molar-refractivity contribution in [1.29, 1.82) is 0 Å². The molecule has 0 amide bonds. The first-order chi connectivity index (χ1) is 8.20. The molecule has 1 aliphatic heterocycles. The van der Waals surface area contributed by atoms with Crippen molar-refractivity contribution >= 4 is 11.8 Å². The van der Waals surface area contributed by atoms with Crippen molar-refractivity contribution in [2.24, 2.45) is 11.3 Å². The molecule has 1 nitrogen and oxygen atoms in total. The third-order valence-electron chi connectivity index (χ3n) is 4.49. The van der Waals surface area contributed by atoms with Crippen LogP contribution in [-0.2, 0) is 0 Å². The van der Waals surface area contributed by atoms with E-state index in [1.54, 1.807) is 0 Å². The summed E-state index contributed by atoms with van der Waals surface area (Å²) < 4.78 is 0. The first-order valence-corrected chi connectivity index (χ1v) is 8.67. The standard InChI is InChI=1S/C15H29NS/c1-13(2)11-15(7-3-4-8-15)12-16-14-5-9-17-10-6-14/h13-14,16H,3-12H2,1-2H3. The summed E-state index contributed by atoms with van der Waals surface area (Å²) in [6.07, 6.45) is 10.1. The second kappa shape index (κ2) is 6.47. The van der Waals surface area contributed by atoms with Crippen LogP contribution in [0.2, 0.25) is 0 Å². The topological polar surface area (TPSA) is 12.0 Å². The summed E-state index contributed by atoms with van der Waals surface area (Å²) in [5, 5.41) is 3.90. The zero-order chi connectivity index (χ0) is 12.1. The van der Waals surface area contributed by atoms with Gasteiger partial charge in [0.15, 0.2) is 0 Å². The molecule has 0 unspecified atom stereocenters. The summed E-state index contributed by atoms with van der Waals surface area (Å²) in [6, 6.07) is 0.820. The molecule has 2 aliphatic rings. The van der Waals surface area contributed by atoms with E-state index in [1.807, 2.05) is 0 Å². The fraction of sp³-hybridized carbons (Fsp3) is 1.00. The van der Waals surface area contributed by atoms with Gasteiger partial charge in [-0.05, 0) is 54.9 Å². The fourth-order valence-corrected chi connectivity index (χ4v) is 4.81. The molecule has 17 heavy (non-hydrogen) atoms. The highest BCUT2D eigenvalue weighted by Crippen LogP contribution is 2.42. The van der Waals surface area contributed by atoms with Crippen LogP contribution in [-0.4, -0.2) is 24.1 Å². The fourth-order valence-electron chi connectivity index (χ4n) is 3.71. The molecule has 2 rings (SSSR count). The lowest BCUT2D eigenvalue weighted by Crippen LogP contribution is -2.40. The predicted molar refractivity (Wildman–Crippen MR) is 78.7 cm³/mol. The zero-order valence-corrected chi connectivity index (χ0v) is 12.5. The Bertz CT molecular complexity index is 215. The van der Waals surface area contributed by atoms with Gasteiger partial charge in [0.2, 0.25) is 0 Å². The highest BCUT2D eigenvalue weighted by Gasteiger charge is 2.34. The van der Waals surface area contributed by atoms with Crippen LogP contribution < -0.4 is 5.32 Å². The van der Waals surface area contributed by atoms with Gasteiger partial charge in [0, 0.05) is 12.6 Å². The number of hydrogen-bond donors (Lipinski definition) is 1. The molecule has 1 saturated heterocycles. The second-order valence-electron chi connectivity index (χ2n) is 6.57. The Hall–Kier alpha value is 0.310. The van der Waals surface area contributed by atoms with Crippen LogP contribution >= 0.6 is 11.8 Å². The Balaban J connectivity index is 1.80. The number of rotatable bonds is 5. The molecule has 1 N–H and O–H groups in total. The van der Waals surface area contributed by atoms with Crippen LogP contribution in [0.1, 0.15) is 58.8 Å². The van der Waals surface area contributed by atoms with E-state index >= 15 is 0 Å². The molecule has 0 spiro atoms. The lowest BCUT2D eigenvalue weighted by molar-refractivity contribution is 0.213. The van der Waals surface area contributed by atoms with Crippen LogP contribution in [0.5, 0.6) is 0 Å². The van der Waals surface area contributed by atoms with E-state index in [0.29, 0.717) is 5.41 Å². The van der Waals surface area contributed by atoms with Crippen molar-refractivity contribution in [3.8, 4) is 0 Å². The van der Waals surface area contributed by atoms with Crippen molar-refractivity contribution in [1.82, 2.24) is 5.32 Å². The van der Waals surface area contributed by atoms with E-state index < -0.39 is 0 Å². The Morgan fingerprint density at radius 3 is 2.41 bits per heavy atom. The van der Waals surface area contributed by atoms with Crippen molar-refractivity contribution < 1.29 is 0 Å². The summed E-state index contributed by atoms with van der Waals surface area (Å²) in [6.45, 7) is 6.06. The van der Waals surface area contributed by atoms with Crippen molar-refractivity contribution in [3.63, 3.8) is 0 Å². The monoisotopic (exact) mass is 255 g/mol. The van der Waals surface area contributed by atoms with Crippen molar-refractivity contribution in [2.75, 3.05) is 18.1 Å². The van der Waals surface area contributed by atoms with E-state index in [2.05, 4.69) is 30.9 Å². The minimum Gasteiger partial charge on any atom is -0.313 e. The molecule has 1 saturated carbocycles. The number of nitrogens with one attached hydrogen (secondary N) is 1. The van der Waals surface area contributed by atoms with E-state index in [0.717, 1.165) is 12.0 Å². The summed E-state index contributed by atoms with van der Waals surface area (Å²) in [7, 11) is 0. The molecule has 2 heteroatoms. The maximum Gasteiger partial charge on any atom is 0.00830 e. The quantitative estimate of drug-likeness (QED) is 0.794. The van der Waals surface area contributed by atoms with Gasteiger partial charge in [-0.2, -0.15) is 11.8 Å². The summed E-state index contributed by atoms with van der Waals surface area (Å²) in [5.74, 6) is 3.60. The first kappa shape index (κ1) is 13.7. The Morgan fingerprint density at radius 2 is 1.82 bits per heavy atom. The molecule has 2 fully saturated rings. The molecule has 0 radical (unpaired) electrons. The lowest BCUT2D eigenvalue weighted by atomic mass is 9.78. The molecular formula is C15H29NS. The SMILES string of the molecule is CC(C)CC1(CNC2CCSCC2)CCCC1. The highest BCUT2D eigenvalue weighted by molar-refractivity contribution is 7.99. The second-order valence-corrected chi connectivity index (χ2v) is 7.80. The van der Waals surface area contributed by atoms with Gasteiger partial charge in [-0.3, -0.25) is 0 Å². The number of hydrogen-bond acceptors (Lipinski definition) is 2. The first-order valence-electron chi connectivity index (χ1n) is 7.51. The molecule has 0 atom stereocenters. The maximum atomic E-state index is 3.90. The van der Waals surface area contributed by atoms with Gasteiger partial charge in [-0.15, -0.1) is 0 Å². The van der Waals surface area contributed by atoms with Crippen LogP contribution in [0.4, 0.5) is 0 Å². The van der Waals surface area contributed by atoms with Gasteiger partial charge >= 0.3 is 0 Å². The Morgan fingerprint density at radius 1 is 1.18 bits per heavy atom. The molecule has 1 heterocycles.